The number of carbonyl (C=O) groups excluding carboxylic acids is 1. The van der Waals surface area contributed by atoms with Gasteiger partial charge < -0.3 is 10.2 Å². The van der Waals surface area contributed by atoms with Crippen molar-refractivity contribution in [3.8, 4) is 0 Å². The Morgan fingerprint density at radius 2 is 2.05 bits per heavy atom. The van der Waals surface area contributed by atoms with E-state index in [9.17, 15) is 13.6 Å². The maximum absolute atomic E-state index is 13.5. The topological polar surface area (TPSA) is 32.3 Å². The SMILES string of the molecule is CC(C(=O)N(C)Cc1ccc(F)cc1F)=C1CNC1. The standard InChI is InChI=1S/C14H16F2N2O/c1-9(11-6-17-7-11)14(19)18(2)8-10-3-4-12(15)5-13(10)16/h3-5,17H,6-8H2,1-2H3. The molecule has 3 nitrogen and oxygen atoms in total. The lowest BCUT2D eigenvalue weighted by atomic mass is 10.0. The van der Waals surface area contributed by atoms with Gasteiger partial charge in [0.1, 0.15) is 11.6 Å². The minimum Gasteiger partial charge on any atom is -0.338 e. The van der Waals surface area contributed by atoms with E-state index in [4.69, 9.17) is 0 Å². The lowest BCUT2D eigenvalue weighted by molar-refractivity contribution is -0.126. The van der Waals surface area contributed by atoms with E-state index in [2.05, 4.69) is 5.32 Å². The molecule has 0 aromatic heterocycles. The molecule has 1 aromatic rings. The molecule has 0 bridgehead atoms. The highest BCUT2D eigenvalue weighted by atomic mass is 19.1. The first-order valence-electron chi connectivity index (χ1n) is 6.07. The Morgan fingerprint density at radius 1 is 1.37 bits per heavy atom. The maximum Gasteiger partial charge on any atom is 0.249 e. The van der Waals surface area contributed by atoms with Crippen LogP contribution in [0, 0.1) is 11.6 Å². The van der Waals surface area contributed by atoms with Crippen molar-refractivity contribution in [3.63, 3.8) is 0 Å². The molecule has 1 aliphatic rings. The Hall–Kier alpha value is -1.75. The van der Waals surface area contributed by atoms with Gasteiger partial charge in [0.15, 0.2) is 0 Å². The van der Waals surface area contributed by atoms with E-state index in [1.807, 2.05) is 0 Å². The molecule has 2 rings (SSSR count). The summed E-state index contributed by atoms with van der Waals surface area (Å²) in [5.74, 6) is -1.37. The number of carbonyl (C=O) groups is 1. The molecule has 0 aliphatic carbocycles. The van der Waals surface area contributed by atoms with Gasteiger partial charge in [0.2, 0.25) is 5.91 Å². The Kier molecular flexibility index (Phi) is 3.95. The van der Waals surface area contributed by atoms with Gasteiger partial charge >= 0.3 is 0 Å². The minimum atomic E-state index is -0.629. The van der Waals surface area contributed by atoms with Gasteiger partial charge in [0.05, 0.1) is 0 Å². The van der Waals surface area contributed by atoms with Gasteiger partial charge in [-0.05, 0) is 18.6 Å². The van der Waals surface area contributed by atoms with Crippen molar-refractivity contribution in [2.45, 2.75) is 13.5 Å². The molecule has 1 saturated heterocycles. The smallest absolute Gasteiger partial charge is 0.249 e. The van der Waals surface area contributed by atoms with Gasteiger partial charge in [-0.3, -0.25) is 4.79 Å². The molecule has 0 spiro atoms. The Labute approximate surface area is 110 Å². The quantitative estimate of drug-likeness (QED) is 0.847. The molecule has 102 valence electrons. The summed E-state index contributed by atoms with van der Waals surface area (Å²) in [6, 6.07) is 3.38. The highest BCUT2D eigenvalue weighted by Crippen LogP contribution is 2.15. The van der Waals surface area contributed by atoms with Gasteiger partial charge in [-0.25, -0.2) is 8.78 Å². The number of amides is 1. The summed E-state index contributed by atoms with van der Waals surface area (Å²) < 4.78 is 26.3. The molecule has 1 aromatic carbocycles. The first kappa shape index (κ1) is 13.7. The number of nitrogens with zero attached hydrogens (tertiary/aromatic N) is 1. The first-order valence-corrected chi connectivity index (χ1v) is 6.07. The molecule has 1 amide bonds. The summed E-state index contributed by atoms with van der Waals surface area (Å²) in [6.07, 6.45) is 0. The second-order valence-electron chi connectivity index (χ2n) is 4.73. The Balaban J connectivity index is 2.08. The third-order valence-corrected chi connectivity index (χ3v) is 3.30. The molecule has 19 heavy (non-hydrogen) atoms. The summed E-state index contributed by atoms with van der Waals surface area (Å²) >= 11 is 0. The van der Waals surface area contributed by atoms with Gasteiger partial charge in [-0.2, -0.15) is 0 Å². The molecule has 0 atom stereocenters. The van der Waals surface area contributed by atoms with Crippen LogP contribution in [0.5, 0.6) is 0 Å². The van der Waals surface area contributed by atoms with Crippen LogP contribution in [0.25, 0.3) is 0 Å². The number of rotatable bonds is 3. The fraction of sp³-hybridized carbons (Fsp3) is 0.357. The van der Waals surface area contributed by atoms with Crippen molar-refractivity contribution in [1.82, 2.24) is 10.2 Å². The Morgan fingerprint density at radius 3 is 2.58 bits per heavy atom. The number of hydrogen-bond acceptors (Lipinski definition) is 2. The van der Waals surface area contributed by atoms with Crippen molar-refractivity contribution in [1.29, 1.82) is 0 Å². The highest BCUT2D eigenvalue weighted by molar-refractivity contribution is 5.93. The summed E-state index contributed by atoms with van der Waals surface area (Å²) in [5, 5.41) is 3.07. The predicted octanol–water partition coefficient (Wildman–Crippen LogP) is 1.84. The molecule has 0 unspecified atom stereocenters. The molecule has 1 heterocycles. The van der Waals surface area contributed by atoms with Crippen molar-refractivity contribution in [2.75, 3.05) is 20.1 Å². The van der Waals surface area contributed by atoms with Crippen molar-refractivity contribution in [2.24, 2.45) is 0 Å². The molecule has 5 heteroatoms. The first-order chi connectivity index (χ1) is 8.99. The van der Waals surface area contributed by atoms with E-state index < -0.39 is 11.6 Å². The molecule has 0 radical (unpaired) electrons. The van der Waals surface area contributed by atoms with E-state index in [0.717, 1.165) is 24.7 Å². The fourth-order valence-corrected chi connectivity index (χ4v) is 1.93. The van der Waals surface area contributed by atoms with Crippen LogP contribution in [0.4, 0.5) is 8.78 Å². The lowest BCUT2D eigenvalue weighted by Crippen LogP contribution is -2.38. The summed E-state index contributed by atoms with van der Waals surface area (Å²) in [7, 11) is 1.61. The summed E-state index contributed by atoms with van der Waals surface area (Å²) in [4.78, 5) is 13.5. The van der Waals surface area contributed by atoms with Crippen LogP contribution in [0.15, 0.2) is 29.3 Å². The molecular formula is C14H16F2N2O. The summed E-state index contributed by atoms with van der Waals surface area (Å²) in [6.45, 7) is 3.37. The zero-order valence-corrected chi connectivity index (χ0v) is 11.0. The number of halogens is 2. The van der Waals surface area contributed by atoms with Crippen LogP contribution < -0.4 is 5.32 Å². The normalized spacial score (nSPS) is 14.0. The molecular weight excluding hydrogens is 250 g/mol. The van der Waals surface area contributed by atoms with Crippen molar-refractivity contribution in [3.05, 3.63) is 46.5 Å². The third kappa shape index (κ3) is 2.98. The van der Waals surface area contributed by atoms with Crippen LogP contribution in [0.3, 0.4) is 0 Å². The van der Waals surface area contributed by atoms with Crippen molar-refractivity contribution < 1.29 is 13.6 Å². The number of benzene rings is 1. The molecule has 0 saturated carbocycles. The third-order valence-electron chi connectivity index (χ3n) is 3.30. The number of nitrogens with one attached hydrogen (secondary N) is 1. The largest absolute Gasteiger partial charge is 0.338 e. The predicted molar refractivity (Wildman–Crippen MR) is 68.4 cm³/mol. The van der Waals surface area contributed by atoms with Crippen LogP contribution in [0.1, 0.15) is 12.5 Å². The highest BCUT2D eigenvalue weighted by Gasteiger charge is 2.19. The van der Waals surface area contributed by atoms with E-state index in [1.54, 1.807) is 14.0 Å². The van der Waals surface area contributed by atoms with E-state index in [1.165, 1.54) is 17.0 Å². The maximum atomic E-state index is 13.5. The van der Waals surface area contributed by atoms with Gasteiger partial charge in [-0.1, -0.05) is 6.07 Å². The molecule has 1 N–H and O–H groups in total. The summed E-state index contributed by atoms with van der Waals surface area (Å²) in [5.41, 5.74) is 2.09. The second kappa shape index (κ2) is 5.48. The van der Waals surface area contributed by atoms with E-state index in [-0.39, 0.29) is 12.5 Å². The lowest BCUT2D eigenvalue weighted by Gasteiger charge is -2.24. The fourth-order valence-electron chi connectivity index (χ4n) is 1.93. The van der Waals surface area contributed by atoms with Crippen LogP contribution in [-0.4, -0.2) is 30.9 Å². The van der Waals surface area contributed by atoms with E-state index in [0.29, 0.717) is 11.1 Å². The average molecular weight is 266 g/mol. The van der Waals surface area contributed by atoms with Gasteiger partial charge in [-0.15, -0.1) is 0 Å². The monoisotopic (exact) mass is 266 g/mol. The minimum absolute atomic E-state index is 0.125. The van der Waals surface area contributed by atoms with Crippen LogP contribution in [0.2, 0.25) is 0 Å². The van der Waals surface area contributed by atoms with Gasteiger partial charge in [0.25, 0.3) is 0 Å². The molecule has 1 aliphatic heterocycles. The zero-order valence-electron chi connectivity index (χ0n) is 11.0. The number of likely N-dealkylation sites (N-methyl/N-ethyl adjacent to an activating group) is 1. The Bertz CT molecular complexity index is 534. The van der Waals surface area contributed by atoms with Crippen molar-refractivity contribution >= 4 is 5.91 Å². The van der Waals surface area contributed by atoms with Crippen LogP contribution >= 0.6 is 0 Å². The second-order valence-corrected chi connectivity index (χ2v) is 4.73. The van der Waals surface area contributed by atoms with Gasteiger partial charge in [0, 0.05) is 43.9 Å². The zero-order chi connectivity index (χ0) is 14.0. The average Bonchev–Trinajstić information content (AvgIpc) is 2.29. The number of hydrogen-bond donors (Lipinski definition) is 1. The van der Waals surface area contributed by atoms with Crippen LogP contribution in [-0.2, 0) is 11.3 Å². The van der Waals surface area contributed by atoms with E-state index >= 15 is 0 Å². The molecule has 1 fully saturated rings.